The molecule has 2 atom stereocenters. The topological polar surface area (TPSA) is 78.4 Å². The van der Waals surface area contributed by atoms with Crippen LogP contribution in [-0.2, 0) is 11.3 Å². The average Bonchev–Trinajstić information content (AvgIpc) is 2.77. The summed E-state index contributed by atoms with van der Waals surface area (Å²) in [5.41, 5.74) is 1.13. The first-order chi connectivity index (χ1) is 8.95. The highest BCUT2D eigenvalue weighted by molar-refractivity contribution is 7.10. The number of hydrogen-bond acceptors (Lipinski definition) is 3. The van der Waals surface area contributed by atoms with Crippen LogP contribution in [0.5, 0.6) is 0 Å². The first-order valence-electron chi connectivity index (χ1n) is 6.25. The summed E-state index contributed by atoms with van der Waals surface area (Å²) in [6.45, 7) is 6.10. The van der Waals surface area contributed by atoms with Crippen LogP contribution in [-0.4, -0.2) is 23.1 Å². The number of amides is 2. The van der Waals surface area contributed by atoms with Crippen LogP contribution in [0.4, 0.5) is 4.79 Å². The second-order valence-corrected chi connectivity index (χ2v) is 5.56. The van der Waals surface area contributed by atoms with Crippen molar-refractivity contribution in [3.05, 3.63) is 21.9 Å². The van der Waals surface area contributed by atoms with Gasteiger partial charge in [0, 0.05) is 4.88 Å². The molecule has 1 aromatic heterocycles. The standard InChI is InChI=1S/C13H20N2O3S/c1-4-8(2)11(12(16)17)15-13(18)14-7-10-9(3)5-6-19-10/h5-6,8,11H,4,7H2,1-3H3,(H,16,17)(H2,14,15,18)/t8?,11-/m0/s1. The van der Waals surface area contributed by atoms with E-state index >= 15 is 0 Å². The van der Waals surface area contributed by atoms with Gasteiger partial charge in [-0.25, -0.2) is 9.59 Å². The maximum absolute atomic E-state index is 11.7. The Labute approximate surface area is 117 Å². The second-order valence-electron chi connectivity index (χ2n) is 4.56. The van der Waals surface area contributed by atoms with Crippen LogP contribution in [0.3, 0.4) is 0 Å². The largest absolute Gasteiger partial charge is 0.480 e. The molecule has 1 heterocycles. The van der Waals surface area contributed by atoms with Crippen LogP contribution in [0.15, 0.2) is 11.4 Å². The monoisotopic (exact) mass is 284 g/mol. The highest BCUT2D eigenvalue weighted by Crippen LogP contribution is 2.14. The van der Waals surface area contributed by atoms with E-state index in [1.165, 1.54) is 0 Å². The van der Waals surface area contributed by atoms with Gasteiger partial charge in [-0.15, -0.1) is 11.3 Å². The minimum absolute atomic E-state index is 0.105. The Kier molecular flexibility index (Phi) is 5.82. The van der Waals surface area contributed by atoms with E-state index in [2.05, 4.69) is 10.6 Å². The molecule has 3 N–H and O–H groups in total. The molecule has 1 unspecified atom stereocenters. The van der Waals surface area contributed by atoms with Crippen molar-refractivity contribution in [2.24, 2.45) is 5.92 Å². The third kappa shape index (κ3) is 4.55. The van der Waals surface area contributed by atoms with Gasteiger partial charge in [0.05, 0.1) is 6.54 Å². The third-order valence-corrected chi connectivity index (χ3v) is 4.17. The fraction of sp³-hybridized carbons (Fsp3) is 0.538. The van der Waals surface area contributed by atoms with Crippen molar-refractivity contribution in [1.29, 1.82) is 0 Å². The molecule has 0 bridgehead atoms. The molecule has 0 aliphatic heterocycles. The van der Waals surface area contributed by atoms with E-state index < -0.39 is 18.0 Å². The lowest BCUT2D eigenvalue weighted by molar-refractivity contribution is -0.140. The lowest BCUT2D eigenvalue weighted by Crippen LogP contribution is -2.48. The van der Waals surface area contributed by atoms with Gasteiger partial charge in [0.1, 0.15) is 6.04 Å². The number of rotatable bonds is 6. The number of carbonyl (C=O) groups is 2. The molecule has 0 aliphatic rings. The number of thiophene rings is 1. The summed E-state index contributed by atoms with van der Waals surface area (Å²) >= 11 is 1.57. The van der Waals surface area contributed by atoms with Gasteiger partial charge in [0.2, 0.25) is 0 Å². The summed E-state index contributed by atoms with van der Waals surface area (Å²) in [4.78, 5) is 23.9. The zero-order valence-corrected chi connectivity index (χ0v) is 12.2. The molecule has 1 rings (SSSR count). The van der Waals surface area contributed by atoms with E-state index in [1.807, 2.05) is 32.2 Å². The first kappa shape index (κ1) is 15.5. The lowest BCUT2D eigenvalue weighted by atomic mass is 9.99. The van der Waals surface area contributed by atoms with Gasteiger partial charge in [-0.3, -0.25) is 0 Å². The van der Waals surface area contributed by atoms with E-state index in [-0.39, 0.29) is 5.92 Å². The molecule has 5 nitrogen and oxygen atoms in total. The summed E-state index contributed by atoms with van der Waals surface area (Å²) < 4.78 is 0. The van der Waals surface area contributed by atoms with Crippen LogP contribution in [0, 0.1) is 12.8 Å². The van der Waals surface area contributed by atoms with E-state index in [1.54, 1.807) is 11.3 Å². The van der Waals surface area contributed by atoms with E-state index in [0.717, 1.165) is 10.4 Å². The van der Waals surface area contributed by atoms with Gasteiger partial charge < -0.3 is 15.7 Å². The predicted molar refractivity (Wildman–Crippen MR) is 75.3 cm³/mol. The molecule has 0 saturated heterocycles. The Balaban J connectivity index is 2.49. The summed E-state index contributed by atoms with van der Waals surface area (Å²) in [7, 11) is 0. The van der Waals surface area contributed by atoms with Gasteiger partial charge in [-0.1, -0.05) is 20.3 Å². The smallest absolute Gasteiger partial charge is 0.326 e. The van der Waals surface area contributed by atoms with Gasteiger partial charge in [-0.05, 0) is 29.9 Å². The van der Waals surface area contributed by atoms with Crippen LogP contribution in [0.25, 0.3) is 0 Å². The van der Waals surface area contributed by atoms with Crippen molar-refractivity contribution < 1.29 is 14.7 Å². The number of hydrogen-bond donors (Lipinski definition) is 3. The molecular weight excluding hydrogens is 264 g/mol. The number of urea groups is 1. The Morgan fingerprint density at radius 3 is 2.63 bits per heavy atom. The first-order valence-corrected chi connectivity index (χ1v) is 7.13. The molecule has 6 heteroatoms. The Morgan fingerprint density at radius 2 is 2.16 bits per heavy atom. The maximum atomic E-state index is 11.7. The van der Waals surface area contributed by atoms with Crippen LogP contribution < -0.4 is 10.6 Å². The van der Waals surface area contributed by atoms with Crippen LogP contribution in [0.2, 0.25) is 0 Å². The lowest BCUT2D eigenvalue weighted by Gasteiger charge is -2.20. The normalized spacial score (nSPS) is 13.6. The van der Waals surface area contributed by atoms with Crippen molar-refractivity contribution in [1.82, 2.24) is 10.6 Å². The maximum Gasteiger partial charge on any atom is 0.326 e. The Hall–Kier alpha value is -1.56. The van der Waals surface area contributed by atoms with Gasteiger partial charge in [0.15, 0.2) is 0 Å². The second kappa shape index (κ2) is 7.13. The fourth-order valence-corrected chi connectivity index (χ4v) is 2.47. The van der Waals surface area contributed by atoms with Gasteiger partial charge in [0.25, 0.3) is 0 Å². The van der Waals surface area contributed by atoms with Gasteiger partial charge >= 0.3 is 12.0 Å². The number of carboxylic acid groups (broad SMARTS) is 1. The van der Waals surface area contributed by atoms with Crippen molar-refractivity contribution in [3.8, 4) is 0 Å². The Morgan fingerprint density at radius 1 is 1.47 bits per heavy atom. The molecule has 2 amide bonds. The SMILES string of the molecule is CCC(C)[C@H](NC(=O)NCc1sccc1C)C(=O)O. The number of nitrogens with one attached hydrogen (secondary N) is 2. The van der Waals surface area contributed by atoms with Crippen molar-refractivity contribution >= 4 is 23.3 Å². The Bertz CT molecular complexity index is 445. The molecule has 106 valence electrons. The average molecular weight is 284 g/mol. The number of aliphatic carboxylic acids is 1. The molecule has 0 radical (unpaired) electrons. The molecule has 0 aromatic carbocycles. The zero-order chi connectivity index (χ0) is 14.4. The molecule has 0 fully saturated rings. The summed E-state index contributed by atoms with van der Waals surface area (Å²) in [5, 5.41) is 16.2. The number of carbonyl (C=O) groups excluding carboxylic acids is 1. The quantitative estimate of drug-likeness (QED) is 0.750. The van der Waals surface area contributed by atoms with E-state index in [9.17, 15) is 9.59 Å². The predicted octanol–water partition coefficient (Wildman–Crippen LogP) is 2.36. The summed E-state index contributed by atoms with van der Waals surface area (Å²) in [6.07, 6.45) is 0.696. The van der Waals surface area contributed by atoms with E-state index in [4.69, 9.17) is 5.11 Å². The van der Waals surface area contributed by atoms with Crippen LogP contribution >= 0.6 is 11.3 Å². The van der Waals surface area contributed by atoms with Gasteiger partial charge in [-0.2, -0.15) is 0 Å². The zero-order valence-electron chi connectivity index (χ0n) is 11.4. The molecular formula is C13H20N2O3S. The highest BCUT2D eigenvalue weighted by Gasteiger charge is 2.25. The minimum Gasteiger partial charge on any atom is -0.480 e. The summed E-state index contributed by atoms with van der Waals surface area (Å²) in [6, 6.07) is 0.689. The fourth-order valence-electron chi connectivity index (χ4n) is 1.62. The molecule has 1 aromatic rings. The third-order valence-electron chi connectivity index (χ3n) is 3.14. The van der Waals surface area contributed by atoms with Crippen molar-refractivity contribution in [2.75, 3.05) is 0 Å². The van der Waals surface area contributed by atoms with Crippen molar-refractivity contribution in [3.63, 3.8) is 0 Å². The molecule has 0 spiro atoms. The number of carboxylic acids is 1. The highest BCUT2D eigenvalue weighted by atomic mass is 32.1. The minimum atomic E-state index is -1.00. The van der Waals surface area contributed by atoms with Crippen LogP contribution in [0.1, 0.15) is 30.7 Å². The number of aryl methyl sites for hydroxylation is 1. The van der Waals surface area contributed by atoms with Crippen molar-refractivity contribution in [2.45, 2.75) is 39.8 Å². The molecule has 0 aliphatic carbocycles. The summed E-state index contributed by atoms with van der Waals surface area (Å²) in [5.74, 6) is -1.11. The molecule has 0 saturated carbocycles. The van der Waals surface area contributed by atoms with E-state index in [0.29, 0.717) is 13.0 Å². The molecule has 19 heavy (non-hydrogen) atoms.